The van der Waals surface area contributed by atoms with E-state index in [4.69, 9.17) is 9.15 Å². The lowest BCUT2D eigenvalue weighted by Crippen LogP contribution is -2.37. The maximum atomic E-state index is 11.9. The predicted molar refractivity (Wildman–Crippen MR) is 72.2 cm³/mol. The topological polar surface area (TPSA) is 89.3 Å². The molecule has 0 aliphatic carbocycles. The fraction of sp³-hybridized carbons (Fsp3) is 0.308. The minimum atomic E-state index is -0.475. The molecule has 20 heavy (non-hydrogen) atoms. The summed E-state index contributed by atoms with van der Waals surface area (Å²) >= 11 is 0. The number of furan rings is 1. The average molecular weight is 276 g/mol. The van der Waals surface area contributed by atoms with E-state index >= 15 is 0 Å². The number of nitrogens with zero attached hydrogens (tertiary/aromatic N) is 2. The zero-order chi connectivity index (χ0) is 14.4. The lowest BCUT2D eigenvalue weighted by Gasteiger charge is -2.13. The van der Waals surface area contributed by atoms with Gasteiger partial charge < -0.3 is 19.8 Å². The molecule has 0 spiro atoms. The minimum Gasteiger partial charge on any atom is -0.481 e. The number of methoxy groups -OCH3 is 1. The summed E-state index contributed by atoms with van der Waals surface area (Å²) in [5.74, 6) is 1.30. The molecule has 2 heterocycles. The predicted octanol–water partition coefficient (Wildman–Crippen LogP) is 1.19. The Kier molecular flexibility index (Phi) is 4.54. The van der Waals surface area contributed by atoms with Gasteiger partial charge in [-0.3, -0.25) is 4.79 Å². The van der Waals surface area contributed by atoms with Gasteiger partial charge in [0, 0.05) is 12.3 Å². The Morgan fingerprint density at radius 3 is 3.05 bits per heavy atom. The van der Waals surface area contributed by atoms with E-state index in [-0.39, 0.29) is 5.91 Å². The van der Waals surface area contributed by atoms with Gasteiger partial charge in [-0.2, -0.15) is 4.98 Å². The second-order valence-corrected chi connectivity index (χ2v) is 4.09. The second-order valence-electron chi connectivity index (χ2n) is 4.09. The highest BCUT2D eigenvalue weighted by Crippen LogP contribution is 2.08. The first-order chi connectivity index (χ1) is 9.69. The molecular weight excluding hydrogens is 260 g/mol. The number of hydrogen-bond donors (Lipinski definition) is 2. The van der Waals surface area contributed by atoms with Crippen molar-refractivity contribution in [2.75, 3.05) is 12.4 Å². The molecule has 0 aromatic carbocycles. The van der Waals surface area contributed by atoms with Crippen LogP contribution in [-0.2, 0) is 11.3 Å². The zero-order valence-electron chi connectivity index (χ0n) is 11.3. The first kappa shape index (κ1) is 13.9. The second kappa shape index (κ2) is 6.55. The highest BCUT2D eigenvalue weighted by molar-refractivity contribution is 5.83. The Morgan fingerprint density at radius 2 is 2.35 bits per heavy atom. The van der Waals surface area contributed by atoms with Crippen molar-refractivity contribution in [3.63, 3.8) is 0 Å². The number of amides is 1. The summed E-state index contributed by atoms with van der Waals surface area (Å²) in [7, 11) is 1.52. The Morgan fingerprint density at radius 1 is 1.50 bits per heavy atom. The number of ether oxygens (including phenoxy) is 1. The molecule has 7 heteroatoms. The molecule has 106 valence electrons. The average Bonchev–Trinajstić information content (AvgIpc) is 2.98. The third-order valence-electron chi connectivity index (χ3n) is 2.60. The number of hydrogen-bond acceptors (Lipinski definition) is 6. The van der Waals surface area contributed by atoms with Gasteiger partial charge in [0.25, 0.3) is 0 Å². The van der Waals surface area contributed by atoms with Gasteiger partial charge in [0.2, 0.25) is 17.7 Å². The van der Waals surface area contributed by atoms with Crippen LogP contribution in [0.15, 0.2) is 35.1 Å². The number of rotatable bonds is 6. The van der Waals surface area contributed by atoms with E-state index in [0.717, 1.165) is 0 Å². The largest absolute Gasteiger partial charge is 0.481 e. The van der Waals surface area contributed by atoms with Crippen molar-refractivity contribution < 1.29 is 13.9 Å². The quantitative estimate of drug-likeness (QED) is 0.824. The van der Waals surface area contributed by atoms with Crippen molar-refractivity contribution in [1.82, 2.24) is 15.3 Å². The van der Waals surface area contributed by atoms with Gasteiger partial charge >= 0.3 is 0 Å². The van der Waals surface area contributed by atoms with Crippen molar-refractivity contribution >= 4 is 11.9 Å². The highest BCUT2D eigenvalue weighted by atomic mass is 16.5. The summed E-state index contributed by atoms with van der Waals surface area (Å²) in [6, 6.07) is 4.72. The van der Waals surface area contributed by atoms with Gasteiger partial charge in [-0.1, -0.05) is 0 Å². The molecule has 0 radical (unpaired) electrons. The van der Waals surface area contributed by atoms with E-state index in [1.54, 1.807) is 37.6 Å². The van der Waals surface area contributed by atoms with Gasteiger partial charge in [-0.15, -0.1) is 0 Å². The van der Waals surface area contributed by atoms with Crippen molar-refractivity contribution in [1.29, 1.82) is 0 Å². The molecule has 7 nitrogen and oxygen atoms in total. The molecule has 1 atom stereocenters. The maximum Gasteiger partial charge on any atom is 0.242 e. The zero-order valence-corrected chi connectivity index (χ0v) is 11.3. The van der Waals surface area contributed by atoms with Crippen LogP contribution >= 0.6 is 0 Å². The molecule has 0 saturated heterocycles. The van der Waals surface area contributed by atoms with Crippen LogP contribution in [0, 0.1) is 0 Å². The number of carbonyl (C=O) groups excluding carboxylic acids is 1. The number of nitrogens with one attached hydrogen (secondary N) is 2. The van der Waals surface area contributed by atoms with Crippen molar-refractivity contribution in [2.45, 2.75) is 19.5 Å². The molecule has 0 saturated carbocycles. The Labute approximate surface area is 116 Å². The Balaban J connectivity index is 1.86. The lowest BCUT2D eigenvalue weighted by atomic mass is 10.3. The van der Waals surface area contributed by atoms with Gasteiger partial charge in [-0.25, -0.2) is 4.98 Å². The standard InChI is InChI=1S/C13H16N4O3/c1-9(12(18)15-8-10-4-3-7-20-10)16-13-14-6-5-11(17-13)19-2/h3-7,9H,8H2,1-2H3,(H,15,18)(H,14,16,17). The van der Waals surface area contributed by atoms with Gasteiger partial charge in [0.15, 0.2) is 0 Å². The number of carbonyl (C=O) groups is 1. The third-order valence-corrected chi connectivity index (χ3v) is 2.60. The van der Waals surface area contributed by atoms with Crippen LogP contribution in [0.5, 0.6) is 5.88 Å². The van der Waals surface area contributed by atoms with Crippen molar-refractivity contribution in [2.24, 2.45) is 0 Å². The first-order valence-electron chi connectivity index (χ1n) is 6.12. The Hall–Kier alpha value is -2.57. The summed E-state index contributed by atoms with van der Waals surface area (Å²) in [5.41, 5.74) is 0. The molecule has 0 aliphatic heterocycles. The molecular formula is C13H16N4O3. The van der Waals surface area contributed by atoms with E-state index in [1.165, 1.54) is 7.11 Å². The van der Waals surface area contributed by atoms with Crippen LogP contribution in [0.4, 0.5) is 5.95 Å². The summed E-state index contributed by atoms with van der Waals surface area (Å²) in [5, 5.41) is 5.65. The van der Waals surface area contributed by atoms with Crippen LogP contribution in [0.3, 0.4) is 0 Å². The molecule has 2 aromatic rings. The molecule has 1 amide bonds. The molecule has 0 bridgehead atoms. The van der Waals surface area contributed by atoms with Gasteiger partial charge in [0.1, 0.15) is 11.8 Å². The van der Waals surface area contributed by atoms with Crippen molar-refractivity contribution in [3.8, 4) is 5.88 Å². The minimum absolute atomic E-state index is 0.173. The van der Waals surface area contributed by atoms with Crippen LogP contribution in [-0.4, -0.2) is 29.0 Å². The molecule has 2 rings (SSSR count). The molecule has 2 N–H and O–H groups in total. The van der Waals surface area contributed by atoms with Crippen LogP contribution in [0.2, 0.25) is 0 Å². The SMILES string of the molecule is COc1ccnc(NC(C)C(=O)NCc2ccco2)n1. The number of anilines is 1. The molecule has 0 fully saturated rings. The van der Waals surface area contributed by atoms with E-state index in [9.17, 15) is 4.79 Å². The van der Waals surface area contributed by atoms with Gasteiger partial charge in [-0.05, 0) is 19.1 Å². The summed E-state index contributed by atoms with van der Waals surface area (Å²) in [4.78, 5) is 20.0. The lowest BCUT2D eigenvalue weighted by molar-refractivity contribution is -0.121. The summed E-state index contributed by atoms with van der Waals surface area (Å²) in [6.07, 6.45) is 3.12. The highest BCUT2D eigenvalue weighted by Gasteiger charge is 2.14. The molecule has 2 aromatic heterocycles. The third kappa shape index (κ3) is 3.71. The molecule has 0 aliphatic rings. The summed E-state index contributed by atoms with van der Waals surface area (Å²) in [6.45, 7) is 2.07. The normalized spacial score (nSPS) is 11.7. The molecule has 1 unspecified atom stereocenters. The smallest absolute Gasteiger partial charge is 0.242 e. The van der Waals surface area contributed by atoms with Crippen LogP contribution in [0.1, 0.15) is 12.7 Å². The van der Waals surface area contributed by atoms with Crippen LogP contribution in [0.25, 0.3) is 0 Å². The monoisotopic (exact) mass is 276 g/mol. The van der Waals surface area contributed by atoms with Gasteiger partial charge in [0.05, 0.1) is 19.9 Å². The maximum absolute atomic E-state index is 11.9. The summed E-state index contributed by atoms with van der Waals surface area (Å²) < 4.78 is 10.1. The number of aromatic nitrogens is 2. The fourth-order valence-corrected chi connectivity index (χ4v) is 1.53. The fourth-order valence-electron chi connectivity index (χ4n) is 1.53. The van der Waals surface area contributed by atoms with E-state index < -0.39 is 6.04 Å². The first-order valence-corrected chi connectivity index (χ1v) is 6.12. The Bertz CT molecular complexity index is 557. The van der Waals surface area contributed by atoms with Crippen molar-refractivity contribution in [3.05, 3.63) is 36.4 Å². The van der Waals surface area contributed by atoms with E-state index in [1.807, 2.05) is 0 Å². The van der Waals surface area contributed by atoms with E-state index in [0.29, 0.717) is 24.1 Å². The van der Waals surface area contributed by atoms with Crippen LogP contribution < -0.4 is 15.4 Å². The van der Waals surface area contributed by atoms with E-state index in [2.05, 4.69) is 20.6 Å².